The number of hydrogen-bond donors (Lipinski definition) is 3. The lowest BCUT2D eigenvalue weighted by molar-refractivity contribution is 0.359. The standard InChI is InChI=1S/C20H22BrN5O2/c1-11(20(2,3)4)23-15-16(18(28)17(15)27)25-14-8-9-22-19(26-14)24-13-7-5-6-12(21)10-13/h5-11,23H,1-4H3,(H2,22,24,25,26). The molecule has 1 heterocycles. The van der Waals surface area contributed by atoms with Crippen LogP contribution in [0.5, 0.6) is 0 Å². The lowest BCUT2D eigenvalue weighted by Crippen LogP contribution is -2.41. The van der Waals surface area contributed by atoms with E-state index in [-0.39, 0.29) is 17.1 Å². The van der Waals surface area contributed by atoms with Crippen LogP contribution < -0.4 is 26.8 Å². The predicted octanol–water partition coefficient (Wildman–Crippen LogP) is 4.17. The number of halogens is 1. The Balaban J connectivity index is 1.79. The Hall–Kier alpha value is -2.74. The lowest BCUT2D eigenvalue weighted by atomic mass is 9.87. The molecule has 1 unspecified atom stereocenters. The van der Waals surface area contributed by atoms with Crippen LogP contribution in [0.25, 0.3) is 0 Å². The molecule has 8 heteroatoms. The second-order valence-corrected chi connectivity index (χ2v) is 8.58. The van der Waals surface area contributed by atoms with Gasteiger partial charge in [-0.1, -0.05) is 42.8 Å². The molecule has 2 aromatic carbocycles. The first-order valence-electron chi connectivity index (χ1n) is 8.87. The molecule has 0 saturated heterocycles. The summed E-state index contributed by atoms with van der Waals surface area (Å²) in [4.78, 5) is 32.6. The van der Waals surface area contributed by atoms with Crippen LogP contribution in [0, 0.1) is 5.41 Å². The summed E-state index contributed by atoms with van der Waals surface area (Å²) in [5.41, 5.74) is 0.221. The van der Waals surface area contributed by atoms with Crippen LogP contribution in [0.3, 0.4) is 0 Å². The minimum atomic E-state index is -0.552. The number of anilines is 5. The van der Waals surface area contributed by atoms with Gasteiger partial charge in [-0.15, -0.1) is 0 Å². The molecule has 3 N–H and O–H groups in total. The molecule has 7 nitrogen and oxygen atoms in total. The zero-order valence-corrected chi connectivity index (χ0v) is 17.7. The summed E-state index contributed by atoms with van der Waals surface area (Å²) in [6.07, 6.45) is 1.58. The lowest BCUT2D eigenvalue weighted by Gasteiger charge is -2.30. The van der Waals surface area contributed by atoms with Crippen molar-refractivity contribution in [3.05, 3.63) is 61.4 Å². The Kier molecular flexibility index (Phi) is 5.51. The van der Waals surface area contributed by atoms with E-state index in [1.807, 2.05) is 31.2 Å². The SMILES string of the molecule is CC(Nc1c(Nc2ccnc(Nc3cccc(Br)c3)n2)c(=O)c1=O)C(C)(C)C. The number of hydrogen-bond acceptors (Lipinski definition) is 7. The van der Waals surface area contributed by atoms with Gasteiger partial charge in [0.1, 0.15) is 17.2 Å². The number of aromatic nitrogens is 2. The van der Waals surface area contributed by atoms with Gasteiger partial charge in [0.2, 0.25) is 5.95 Å². The normalized spacial score (nSPS) is 12.6. The van der Waals surface area contributed by atoms with Gasteiger partial charge < -0.3 is 16.0 Å². The fourth-order valence-electron chi connectivity index (χ4n) is 2.39. The van der Waals surface area contributed by atoms with E-state index < -0.39 is 10.9 Å². The highest BCUT2D eigenvalue weighted by molar-refractivity contribution is 9.10. The fourth-order valence-corrected chi connectivity index (χ4v) is 2.79. The van der Waals surface area contributed by atoms with E-state index >= 15 is 0 Å². The van der Waals surface area contributed by atoms with Gasteiger partial charge in [-0.05, 0) is 36.6 Å². The maximum Gasteiger partial charge on any atom is 0.253 e. The third-order valence-corrected chi connectivity index (χ3v) is 5.05. The van der Waals surface area contributed by atoms with Gasteiger partial charge in [-0.2, -0.15) is 4.98 Å². The van der Waals surface area contributed by atoms with E-state index in [4.69, 9.17) is 0 Å². The van der Waals surface area contributed by atoms with Gasteiger partial charge in [0.25, 0.3) is 10.9 Å². The summed E-state index contributed by atoms with van der Waals surface area (Å²) in [6.45, 7) is 8.17. The molecule has 0 radical (unpaired) electrons. The molecule has 0 amide bonds. The van der Waals surface area contributed by atoms with Gasteiger partial charge in [-0.3, -0.25) is 9.59 Å². The topological polar surface area (TPSA) is 96.0 Å². The van der Waals surface area contributed by atoms with E-state index in [2.05, 4.69) is 62.6 Å². The van der Waals surface area contributed by atoms with Crippen molar-refractivity contribution in [2.24, 2.45) is 5.41 Å². The van der Waals surface area contributed by atoms with E-state index in [9.17, 15) is 9.59 Å². The zero-order valence-electron chi connectivity index (χ0n) is 16.1. The van der Waals surface area contributed by atoms with Crippen LogP contribution in [-0.2, 0) is 0 Å². The Morgan fingerprint density at radius 2 is 1.75 bits per heavy atom. The number of benzene rings is 1. The van der Waals surface area contributed by atoms with Crippen molar-refractivity contribution in [3.63, 3.8) is 0 Å². The molecule has 1 atom stereocenters. The van der Waals surface area contributed by atoms with Crippen LogP contribution in [0.4, 0.5) is 28.8 Å². The highest BCUT2D eigenvalue weighted by atomic mass is 79.9. The van der Waals surface area contributed by atoms with Gasteiger partial charge >= 0.3 is 0 Å². The average Bonchev–Trinajstić information content (AvgIpc) is 2.63. The molecular weight excluding hydrogens is 422 g/mol. The summed E-state index contributed by atoms with van der Waals surface area (Å²) in [5.74, 6) is 0.797. The summed E-state index contributed by atoms with van der Waals surface area (Å²) >= 11 is 3.42. The molecule has 0 bridgehead atoms. The Bertz CT molecular complexity index is 1070. The maximum absolute atomic E-state index is 12.0. The van der Waals surface area contributed by atoms with Crippen molar-refractivity contribution in [1.82, 2.24) is 9.97 Å². The molecular formula is C20H22BrN5O2. The number of rotatable bonds is 6. The predicted molar refractivity (Wildman–Crippen MR) is 117 cm³/mol. The highest BCUT2D eigenvalue weighted by Crippen LogP contribution is 2.26. The van der Waals surface area contributed by atoms with E-state index in [1.165, 1.54) is 0 Å². The van der Waals surface area contributed by atoms with Crippen LogP contribution >= 0.6 is 15.9 Å². The van der Waals surface area contributed by atoms with Crippen molar-refractivity contribution in [3.8, 4) is 0 Å². The Morgan fingerprint density at radius 3 is 2.43 bits per heavy atom. The van der Waals surface area contributed by atoms with Crippen LogP contribution in [-0.4, -0.2) is 16.0 Å². The van der Waals surface area contributed by atoms with E-state index in [1.54, 1.807) is 12.3 Å². The van der Waals surface area contributed by atoms with E-state index in [0.717, 1.165) is 10.2 Å². The molecule has 28 heavy (non-hydrogen) atoms. The first-order valence-corrected chi connectivity index (χ1v) is 9.67. The number of nitrogens with one attached hydrogen (secondary N) is 3. The summed E-state index contributed by atoms with van der Waals surface area (Å²) in [6, 6.07) is 9.25. The van der Waals surface area contributed by atoms with Crippen molar-refractivity contribution in [2.45, 2.75) is 33.7 Å². The van der Waals surface area contributed by atoms with Crippen LogP contribution in [0.15, 0.2) is 50.6 Å². The maximum atomic E-state index is 12.0. The van der Waals surface area contributed by atoms with Gasteiger partial charge in [-0.25, -0.2) is 4.98 Å². The molecule has 146 valence electrons. The van der Waals surface area contributed by atoms with Crippen molar-refractivity contribution in [2.75, 3.05) is 16.0 Å². The molecule has 0 aliphatic rings. The average molecular weight is 444 g/mol. The molecule has 0 spiro atoms. The van der Waals surface area contributed by atoms with Crippen molar-refractivity contribution < 1.29 is 0 Å². The summed E-state index contributed by atoms with van der Waals surface area (Å²) in [5, 5.41) is 9.20. The molecule has 0 saturated carbocycles. The third-order valence-electron chi connectivity index (χ3n) is 4.56. The second-order valence-electron chi connectivity index (χ2n) is 7.67. The quantitative estimate of drug-likeness (QED) is 0.491. The second kappa shape index (κ2) is 7.71. The largest absolute Gasteiger partial charge is 0.377 e. The summed E-state index contributed by atoms with van der Waals surface area (Å²) < 4.78 is 0.930. The molecule has 1 aromatic heterocycles. The van der Waals surface area contributed by atoms with Gasteiger partial charge in [0, 0.05) is 22.4 Å². The van der Waals surface area contributed by atoms with Gasteiger partial charge in [0.05, 0.1) is 0 Å². The first kappa shape index (κ1) is 20.0. The smallest absolute Gasteiger partial charge is 0.253 e. The Labute approximate surface area is 171 Å². The molecule has 3 aromatic rings. The van der Waals surface area contributed by atoms with Crippen LogP contribution in [0.2, 0.25) is 0 Å². The molecule has 0 aliphatic carbocycles. The minimum Gasteiger partial charge on any atom is -0.377 e. The summed E-state index contributed by atoms with van der Waals surface area (Å²) in [7, 11) is 0. The fraction of sp³-hybridized carbons (Fsp3) is 0.300. The zero-order chi connectivity index (χ0) is 20.5. The van der Waals surface area contributed by atoms with Crippen molar-refractivity contribution in [1.29, 1.82) is 0 Å². The molecule has 0 aliphatic heterocycles. The van der Waals surface area contributed by atoms with Gasteiger partial charge in [0.15, 0.2) is 0 Å². The minimum absolute atomic E-state index is 0.00973. The molecule has 3 rings (SSSR count). The van der Waals surface area contributed by atoms with E-state index in [0.29, 0.717) is 17.5 Å². The van der Waals surface area contributed by atoms with Crippen LogP contribution in [0.1, 0.15) is 27.7 Å². The third kappa shape index (κ3) is 4.39. The number of nitrogens with zero attached hydrogens (tertiary/aromatic N) is 2. The first-order chi connectivity index (χ1) is 13.1. The molecule has 0 fully saturated rings. The highest BCUT2D eigenvalue weighted by Gasteiger charge is 2.27. The Morgan fingerprint density at radius 1 is 1.04 bits per heavy atom. The monoisotopic (exact) mass is 443 g/mol. The van der Waals surface area contributed by atoms with Crippen molar-refractivity contribution >= 4 is 44.8 Å².